The summed E-state index contributed by atoms with van der Waals surface area (Å²) in [5, 5.41) is 0. The predicted molar refractivity (Wildman–Crippen MR) is 93.4 cm³/mol. The number of carbonyl (C=O) groups is 1. The van der Waals surface area contributed by atoms with Crippen LogP contribution < -0.4 is 4.74 Å². The van der Waals surface area contributed by atoms with Crippen LogP contribution in [0, 0.1) is 3.57 Å². The van der Waals surface area contributed by atoms with Crippen LogP contribution in [0.4, 0.5) is 4.79 Å². The van der Waals surface area contributed by atoms with Crippen molar-refractivity contribution in [3.63, 3.8) is 0 Å². The van der Waals surface area contributed by atoms with E-state index in [4.69, 9.17) is 9.47 Å². The van der Waals surface area contributed by atoms with Crippen LogP contribution in [0.25, 0.3) is 0 Å². The zero-order valence-electron chi connectivity index (χ0n) is 13.5. The predicted octanol–water partition coefficient (Wildman–Crippen LogP) is 3.95. The molecule has 2 aliphatic rings. The van der Waals surface area contributed by atoms with Crippen LogP contribution in [0.15, 0.2) is 18.2 Å². The highest BCUT2D eigenvalue weighted by molar-refractivity contribution is 14.1. The number of carbonyl (C=O) groups excluding carboxylic acids is 1. The first-order valence-electron chi connectivity index (χ1n) is 7.64. The van der Waals surface area contributed by atoms with Crippen molar-refractivity contribution in [1.29, 1.82) is 0 Å². The molecule has 2 aliphatic heterocycles. The smallest absolute Gasteiger partial charge is 0.410 e. The molecule has 1 aromatic rings. The Bertz CT molecular complexity index is 610. The maximum Gasteiger partial charge on any atom is 0.410 e. The van der Waals surface area contributed by atoms with Crippen molar-refractivity contribution in [1.82, 2.24) is 4.90 Å². The van der Waals surface area contributed by atoms with Crippen molar-refractivity contribution in [2.24, 2.45) is 0 Å². The van der Waals surface area contributed by atoms with Crippen LogP contribution in [0.1, 0.15) is 39.7 Å². The highest BCUT2D eigenvalue weighted by atomic mass is 127. The van der Waals surface area contributed by atoms with E-state index in [0.717, 1.165) is 12.2 Å². The van der Waals surface area contributed by atoms with Crippen LogP contribution in [0.3, 0.4) is 0 Å². The Morgan fingerprint density at radius 1 is 1.45 bits per heavy atom. The molecule has 2 unspecified atom stereocenters. The van der Waals surface area contributed by atoms with Crippen molar-refractivity contribution in [2.45, 2.75) is 51.2 Å². The Hall–Kier alpha value is -0.980. The number of halogens is 1. The monoisotopic (exact) mass is 415 g/mol. The van der Waals surface area contributed by atoms with Gasteiger partial charge in [-0.05, 0) is 68.0 Å². The number of likely N-dealkylation sites (tertiary alicyclic amines) is 1. The Morgan fingerprint density at radius 2 is 2.18 bits per heavy atom. The van der Waals surface area contributed by atoms with Gasteiger partial charge >= 0.3 is 6.09 Å². The molecule has 0 aromatic heterocycles. The molecule has 2 atom stereocenters. The zero-order chi connectivity index (χ0) is 16.1. The maximum atomic E-state index is 12.3. The minimum Gasteiger partial charge on any atom is -0.487 e. The molecule has 2 heterocycles. The Kier molecular flexibility index (Phi) is 3.82. The molecule has 1 saturated heterocycles. The molecule has 0 spiro atoms. The molecule has 22 heavy (non-hydrogen) atoms. The summed E-state index contributed by atoms with van der Waals surface area (Å²) in [6.07, 6.45) is 0.648. The van der Waals surface area contributed by atoms with Crippen molar-refractivity contribution in [3.05, 3.63) is 27.3 Å². The summed E-state index contributed by atoms with van der Waals surface area (Å²) in [5.41, 5.74) is 0.788. The third-order valence-electron chi connectivity index (χ3n) is 4.48. The van der Waals surface area contributed by atoms with Gasteiger partial charge in [-0.1, -0.05) is 6.92 Å². The van der Waals surface area contributed by atoms with Crippen molar-refractivity contribution < 1.29 is 14.3 Å². The molecule has 0 aliphatic carbocycles. The Balaban J connectivity index is 1.78. The van der Waals surface area contributed by atoms with Crippen molar-refractivity contribution in [2.75, 3.05) is 13.1 Å². The first-order chi connectivity index (χ1) is 10.2. The van der Waals surface area contributed by atoms with E-state index < -0.39 is 5.60 Å². The number of hydrogen-bond acceptors (Lipinski definition) is 3. The molecule has 1 amide bonds. The summed E-state index contributed by atoms with van der Waals surface area (Å²) in [6, 6.07) is 6.31. The Morgan fingerprint density at radius 3 is 2.86 bits per heavy atom. The molecule has 0 N–H and O–H groups in total. The van der Waals surface area contributed by atoms with Crippen molar-refractivity contribution >= 4 is 28.7 Å². The van der Waals surface area contributed by atoms with Crippen molar-refractivity contribution in [3.8, 4) is 5.75 Å². The number of amides is 1. The second kappa shape index (κ2) is 5.28. The number of fused-ring (bicyclic) bond motifs is 3. The summed E-state index contributed by atoms with van der Waals surface area (Å²) < 4.78 is 12.8. The van der Waals surface area contributed by atoms with Crippen LogP contribution in [0.2, 0.25) is 0 Å². The van der Waals surface area contributed by atoms with E-state index in [1.165, 1.54) is 9.13 Å². The molecule has 0 bridgehead atoms. The standard InChI is InChI=1S/C17H22INO3/c1-16(2,3)22-15(20)19-8-7-17(4)12-9-11(18)5-6-13(12)21-14(17)10-19/h5-6,9,14H,7-8,10H2,1-4H3. The van der Waals surface area contributed by atoms with E-state index in [1.807, 2.05) is 26.8 Å². The molecular formula is C17H22INO3. The fourth-order valence-corrected chi connectivity index (χ4v) is 3.68. The van der Waals surface area contributed by atoms with Gasteiger partial charge in [0.15, 0.2) is 0 Å². The molecule has 1 aromatic carbocycles. The first kappa shape index (κ1) is 15.9. The van der Waals surface area contributed by atoms with Gasteiger partial charge in [0.2, 0.25) is 0 Å². The lowest BCUT2D eigenvalue weighted by Crippen LogP contribution is -2.54. The van der Waals surface area contributed by atoms with E-state index in [0.29, 0.717) is 13.1 Å². The van der Waals surface area contributed by atoms with Crippen LogP contribution in [-0.2, 0) is 10.2 Å². The summed E-state index contributed by atoms with van der Waals surface area (Å²) in [4.78, 5) is 14.1. The number of piperidine rings is 1. The normalized spacial score (nSPS) is 27.0. The van der Waals surface area contributed by atoms with Gasteiger partial charge in [0.25, 0.3) is 0 Å². The minimum absolute atomic E-state index is 0.00182. The number of nitrogens with zero attached hydrogens (tertiary/aromatic N) is 1. The van der Waals surface area contributed by atoms with Gasteiger partial charge in [-0.3, -0.25) is 0 Å². The van der Waals surface area contributed by atoms with Crippen LogP contribution in [0.5, 0.6) is 5.75 Å². The molecule has 3 rings (SSSR count). The first-order valence-corrected chi connectivity index (χ1v) is 8.71. The average molecular weight is 415 g/mol. The quantitative estimate of drug-likeness (QED) is 0.603. The highest BCUT2D eigenvalue weighted by Crippen LogP contribution is 2.47. The topological polar surface area (TPSA) is 38.8 Å². The van der Waals surface area contributed by atoms with Gasteiger partial charge in [0, 0.05) is 21.1 Å². The van der Waals surface area contributed by atoms with Gasteiger partial charge in [-0.2, -0.15) is 0 Å². The molecular weight excluding hydrogens is 393 g/mol. The molecule has 0 radical (unpaired) electrons. The van der Waals surface area contributed by atoms with Gasteiger partial charge in [0.1, 0.15) is 17.5 Å². The lowest BCUT2D eigenvalue weighted by molar-refractivity contribution is -0.00223. The SMILES string of the molecule is CC(C)(C)OC(=O)N1CCC2(C)c3cc(I)ccc3OC2C1. The lowest BCUT2D eigenvalue weighted by Gasteiger charge is -2.41. The molecule has 0 saturated carbocycles. The fourth-order valence-electron chi connectivity index (χ4n) is 3.19. The third kappa shape index (κ3) is 2.79. The maximum absolute atomic E-state index is 12.3. The second-order valence-corrected chi connectivity index (χ2v) is 8.59. The number of rotatable bonds is 0. The zero-order valence-corrected chi connectivity index (χ0v) is 15.6. The number of ether oxygens (including phenoxy) is 2. The largest absolute Gasteiger partial charge is 0.487 e. The van der Waals surface area contributed by atoms with E-state index in [-0.39, 0.29) is 17.6 Å². The minimum atomic E-state index is -0.465. The van der Waals surface area contributed by atoms with Gasteiger partial charge in [0.05, 0.1) is 6.54 Å². The molecule has 1 fully saturated rings. The second-order valence-electron chi connectivity index (χ2n) is 7.34. The van der Waals surface area contributed by atoms with Crippen LogP contribution in [-0.4, -0.2) is 35.8 Å². The molecule has 5 heteroatoms. The third-order valence-corrected chi connectivity index (χ3v) is 5.15. The van der Waals surface area contributed by atoms with E-state index in [9.17, 15) is 4.79 Å². The van der Waals surface area contributed by atoms with Gasteiger partial charge in [-0.25, -0.2) is 4.79 Å². The van der Waals surface area contributed by atoms with Crippen LogP contribution >= 0.6 is 22.6 Å². The summed E-state index contributed by atoms with van der Waals surface area (Å²) in [6.45, 7) is 9.20. The molecule has 4 nitrogen and oxygen atoms in total. The van der Waals surface area contributed by atoms with E-state index >= 15 is 0 Å². The summed E-state index contributed by atoms with van der Waals surface area (Å²) in [5.74, 6) is 0.957. The van der Waals surface area contributed by atoms with Gasteiger partial charge in [-0.15, -0.1) is 0 Å². The fraction of sp³-hybridized carbons (Fsp3) is 0.588. The summed E-state index contributed by atoms with van der Waals surface area (Å²) in [7, 11) is 0. The van der Waals surface area contributed by atoms with E-state index in [2.05, 4.69) is 41.6 Å². The van der Waals surface area contributed by atoms with E-state index in [1.54, 1.807) is 4.90 Å². The Labute approximate surface area is 145 Å². The highest BCUT2D eigenvalue weighted by Gasteiger charge is 2.49. The average Bonchev–Trinajstić information content (AvgIpc) is 2.68. The van der Waals surface area contributed by atoms with Gasteiger partial charge < -0.3 is 14.4 Å². The molecule has 120 valence electrons. The summed E-state index contributed by atoms with van der Waals surface area (Å²) >= 11 is 2.33. The lowest BCUT2D eigenvalue weighted by atomic mass is 9.74. The number of benzene rings is 1. The number of hydrogen-bond donors (Lipinski definition) is 0.